The Morgan fingerprint density at radius 1 is 1.14 bits per heavy atom. The van der Waals surface area contributed by atoms with Crippen LogP contribution in [0.4, 0.5) is 0 Å². The monoisotopic (exact) mass is 283 g/mol. The van der Waals surface area contributed by atoms with Crippen molar-refractivity contribution >= 4 is 5.91 Å². The fourth-order valence-corrected chi connectivity index (χ4v) is 2.00. The van der Waals surface area contributed by atoms with E-state index in [1.807, 2.05) is 0 Å². The first-order valence-corrected chi connectivity index (χ1v) is 7.10. The Bertz CT molecular complexity index is 586. The Kier molecular flexibility index (Phi) is 4.68. The van der Waals surface area contributed by atoms with E-state index in [0.717, 1.165) is 6.42 Å². The van der Waals surface area contributed by atoms with Gasteiger partial charge in [0.05, 0.1) is 6.20 Å². The largest absolute Gasteiger partial charge is 0.350 e. The molecule has 0 saturated carbocycles. The third kappa shape index (κ3) is 4.38. The first-order chi connectivity index (χ1) is 9.97. The van der Waals surface area contributed by atoms with Crippen LogP contribution in [0.5, 0.6) is 0 Å². The number of hydrogen-bond donors (Lipinski definition) is 1. The van der Waals surface area contributed by atoms with Crippen LogP contribution in [0.15, 0.2) is 42.9 Å². The summed E-state index contributed by atoms with van der Waals surface area (Å²) in [6.07, 6.45) is 5.33. The van der Waals surface area contributed by atoms with Gasteiger partial charge in [-0.1, -0.05) is 45.0 Å². The smallest absolute Gasteiger partial charge is 0.271 e. The SMILES string of the molecule is CC(C)(C)c1ccc(CCNC(=O)c2cnccn2)cc1. The second-order valence-corrected chi connectivity index (χ2v) is 6.04. The molecular formula is C17H21N3O. The first kappa shape index (κ1) is 15.2. The number of nitrogens with zero attached hydrogens (tertiary/aromatic N) is 2. The predicted molar refractivity (Wildman–Crippen MR) is 83.2 cm³/mol. The highest BCUT2D eigenvalue weighted by Gasteiger charge is 2.12. The lowest BCUT2D eigenvalue weighted by Crippen LogP contribution is -2.26. The highest BCUT2D eigenvalue weighted by Crippen LogP contribution is 2.22. The summed E-state index contributed by atoms with van der Waals surface area (Å²) in [6, 6.07) is 8.55. The summed E-state index contributed by atoms with van der Waals surface area (Å²) < 4.78 is 0. The summed E-state index contributed by atoms with van der Waals surface area (Å²) in [5.41, 5.74) is 3.04. The zero-order valence-corrected chi connectivity index (χ0v) is 12.8. The van der Waals surface area contributed by atoms with Crippen molar-refractivity contribution in [3.05, 3.63) is 59.7 Å². The maximum Gasteiger partial charge on any atom is 0.271 e. The number of hydrogen-bond acceptors (Lipinski definition) is 3. The van der Waals surface area contributed by atoms with Crippen molar-refractivity contribution in [1.82, 2.24) is 15.3 Å². The van der Waals surface area contributed by atoms with Gasteiger partial charge >= 0.3 is 0 Å². The van der Waals surface area contributed by atoms with Gasteiger partial charge in [-0.25, -0.2) is 4.98 Å². The average Bonchev–Trinajstić information content (AvgIpc) is 2.47. The lowest BCUT2D eigenvalue weighted by atomic mass is 9.86. The molecule has 21 heavy (non-hydrogen) atoms. The maximum absolute atomic E-state index is 11.8. The molecular weight excluding hydrogens is 262 g/mol. The van der Waals surface area contributed by atoms with Gasteiger partial charge in [0.15, 0.2) is 0 Å². The van der Waals surface area contributed by atoms with Crippen molar-refractivity contribution < 1.29 is 4.79 Å². The van der Waals surface area contributed by atoms with Gasteiger partial charge in [0.1, 0.15) is 5.69 Å². The average molecular weight is 283 g/mol. The van der Waals surface area contributed by atoms with Gasteiger partial charge in [-0.2, -0.15) is 0 Å². The van der Waals surface area contributed by atoms with Gasteiger partial charge < -0.3 is 5.32 Å². The molecule has 1 aromatic heterocycles. The van der Waals surface area contributed by atoms with Gasteiger partial charge in [0.25, 0.3) is 5.91 Å². The molecule has 0 saturated heterocycles. The zero-order valence-electron chi connectivity index (χ0n) is 12.8. The molecule has 4 heteroatoms. The molecule has 1 N–H and O–H groups in total. The number of amides is 1. The third-order valence-electron chi connectivity index (χ3n) is 3.32. The summed E-state index contributed by atoms with van der Waals surface area (Å²) in [4.78, 5) is 19.7. The molecule has 0 aliphatic heterocycles. The Balaban J connectivity index is 1.85. The number of aromatic nitrogens is 2. The molecule has 1 aromatic carbocycles. The molecule has 4 nitrogen and oxygen atoms in total. The van der Waals surface area contributed by atoms with Gasteiger partial charge in [0, 0.05) is 18.9 Å². The molecule has 0 radical (unpaired) electrons. The lowest BCUT2D eigenvalue weighted by Gasteiger charge is -2.19. The topological polar surface area (TPSA) is 54.9 Å². The highest BCUT2D eigenvalue weighted by atomic mass is 16.1. The van der Waals surface area contributed by atoms with E-state index in [0.29, 0.717) is 12.2 Å². The van der Waals surface area contributed by atoms with Crippen LogP contribution in [0, 0.1) is 0 Å². The molecule has 0 atom stereocenters. The number of carbonyl (C=O) groups is 1. The second-order valence-electron chi connectivity index (χ2n) is 6.04. The van der Waals surface area contributed by atoms with Crippen LogP contribution >= 0.6 is 0 Å². The van der Waals surface area contributed by atoms with Crippen LogP contribution in [0.25, 0.3) is 0 Å². The predicted octanol–water partition coefficient (Wildman–Crippen LogP) is 2.75. The van der Waals surface area contributed by atoms with E-state index in [1.165, 1.54) is 23.5 Å². The van der Waals surface area contributed by atoms with Crippen LogP contribution in [-0.2, 0) is 11.8 Å². The highest BCUT2D eigenvalue weighted by molar-refractivity contribution is 5.91. The Hall–Kier alpha value is -2.23. The minimum absolute atomic E-state index is 0.165. The third-order valence-corrected chi connectivity index (χ3v) is 3.32. The van der Waals surface area contributed by atoms with E-state index in [-0.39, 0.29) is 11.3 Å². The molecule has 0 spiro atoms. The molecule has 110 valence electrons. The zero-order chi connectivity index (χ0) is 15.3. The summed E-state index contributed by atoms with van der Waals surface area (Å²) in [7, 11) is 0. The van der Waals surface area contributed by atoms with Crippen molar-refractivity contribution in [2.75, 3.05) is 6.54 Å². The van der Waals surface area contributed by atoms with Gasteiger partial charge in [-0.05, 0) is 23.0 Å². The Morgan fingerprint density at radius 3 is 2.43 bits per heavy atom. The molecule has 1 heterocycles. The van der Waals surface area contributed by atoms with E-state index < -0.39 is 0 Å². The summed E-state index contributed by atoms with van der Waals surface area (Å²) >= 11 is 0. The number of rotatable bonds is 4. The van der Waals surface area contributed by atoms with E-state index in [1.54, 1.807) is 6.20 Å². The van der Waals surface area contributed by atoms with Crippen molar-refractivity contribution in [2.45, 2.75) is 32.6 Å². The molecule has 0 aliphatic carbocycles. The van der Waals surface area contributed by atoms with Crippen molar-refractivity contribution in [3.8, 4) is 0 Å². The van der Waals surface area contributed by atoms with Gasteiger partial charge in [-0.15, -0.1) is 0 Å². The lowest BCUT2D eigenvalue weighted by molar-refractivity contribution is 0.0948. The molecule has 1 amide bonds. The van der Waals surface area contributed by atoms with Crippen LogP contribution in [0.3, 0.4) is 0 Å². The van der Waals surface area contributed by atoms with E-state index in [9.17, 15) is 4.79 Å². The molecule has 0 fully saturated rings. The van der Waals surface area contributed by atoms with E-state index in [4.69, 9.17) is 0 Å². The minimum Gasteiger partial charge on any atom is -0.350 e. The molecule has 0 aliphatic rings. The van der Waals surface area contributed by atoms with Crippen molar-refractivity contribution in [1.29, 1.82) is 0 Å². The van der Waals surface area contributed by atoms with Crippen molar-refractivity contribution in [3.63, 3.8) is 0 Å². The van der Waals surface area contributed by atoms with E-state index >= 15 is 0 Å². The first-order valence-electron chi connectivity index (χ1n) is 7.10. The minimum atomic E-state index is -0.186. The fourth-order valence-electron chi connectivity index (χ4n) is 2.00. The van der Waals surface area contributed by atoms with Crippen LogP contribution < -0.4 is 5.32 Å². The fraction of sp³-hybridized carbons (Fsp3) is 0.353. The molecule has 0 bridgehead atoms. The Morgan fingerprint density at radius 2 is 1.86 bits per heavy atom. The molecule has 2 aromatic rings. The van der Waals surface area contributed by atoms with Crippen LogP contribution in [0.2, 0.25) is 0 Å². The molecule has 2 rings (SSSR count). The van der Waals surface area contributed by atoms with E-state index in [2.05, 4.69) is 60.3 Å². The number of benzene rings is 1. The van der Waals surface area contributed by atoms with Gasteiger partial charge in [0.2, 0.25) is 0 Å². The normalized spacial score (nSPS) is 11.2. The quantitative estimate of drug-likeness (QED) is 0.938. The maximum atomic E-state index is 11.8. The standard InChI is InChI=1S/C17H21N3O/c1-17(2,3)14-6-4-13(5-7-14)8-9-20-16(21)15-12-18-10-11-19-15/h4-7,10-12H,8-9H2,1-3H3,(H,20,21). The Labute approximate surface area is 125 Å². The number of carbonyl (C=O) groups excluding carboxylic acids is 1. The second kappa shape index (κ2) is 6.48. The summed E-state index contributed by atoms with van der Waals surface area (Å²) in [5.74, 6) is -0.186. The summed E-state index contributed by atoms with van der Waals surface area (Å²) in [6.45, 7) is 7.18. The van der Waals surface area contributed by atoms with Gasteiger partial charge in [-0.3, -0.25) is 9.78 Å². The summed E-state index contributed by atoms with van der Waals surface area (Å²) in [5, 5.41) is 2.85. The number of nitrogens with one attached hydrogen (secondary N) is 1. The van der Waals surface area contributed by atoms with Crippen LogP contribution in [0.1, 0.15) is 42.4 Å². The molecule has 0 unspecified atom stereocenters. The van der Waals surface area contributed by atoms with Crippen molar-refractivity contribution in [2.24, 2.45) is 0 Å². The van der Waals surface area contributed by atoms with Crippen LogP contribution in [-0.4, -0.2) is 22.4 Å².